The molecular formula is C13H19Br2N3S. The van der Waals surface area contributed by atoms with Crippen molar-refractivity contribution in [3.05, 3.63) is 19.2 Å². The molecule has 1 saturated carbocycles. The average molecular weight is 409 g/mol. The van der Waals surface area contributed by atoms with E-state index in [-0.39, 0.29) is 0 Å². The molecule has 2 heterocycles. The maximum Gasteiger partial charge on any atom is 0.0843 e. The van der Waals surface area contributed by atoms with E-state index in [0.717, 1.165) is 27.4 Å². The molecule has 1 aromatic heterocycles. The van der Waals surface area contributed by atoms with Crippen molar-refractivity contribution < 1.29 is 0 Å². The van der Waals surface area contributed by atoms with Crippen LogP contribution in [0.15, 0.2) is 14.3 Å². The van der Waals surface area contributed by atoms with Crippen molar-refractivity contribution in [1.29, 1.82) is 0 Å². The van der Waals surface area contributed by atoms with Crippen molar-refractivity contribution in [3.8, 4) is 0 Å². The van der Waals surface area contributed by atoms with Crippen molar-refractivity contribution in [1.82, 2.24) is 9.80 Å². The molecule has 3 rings (SSSR count). The first kappa shape index (κ1) is 14.5. The van der Waals surface area contributed by atoms with Crippen LogP contribution in [0.5, 0.6) is 0 Å². The molecule has 1 aliphatic carbocycles. The van der Waals surface area contributed by atoms with Gasteiger partial charge in [0.05, 0.1) is 9.83 Å². The summed E-state index contributed by atoms with van der Waals surface area (Å²) in [6.45, 7) is 5.39. The van der Waals surface area contributed by atoms with Gasteiger partial charge in [0, 0.05) is 48.1 Å². The van der Waals surface area contributed by atoms with Crippen LogP contribution in [0.4, 0.5) is 0 Å². The van der Waals surface area contributed by atoms with Crippen LogP contribution in [0.2, 0.25) is 0 Å². The average Bonchev–Trinajstić information content (AvgIpc) is 3.19. The number of hydrogen-bond acceptors (Lipinski definition) is 4. The largest absolute Gasteiger partial charge is 0.329 e. The first-order chi connectivity index (χ1) is 9.19. The summed E-state index contributed by atoms with van der Waals surface area (Å²) in [6, 6.07) is 3.47. The summed E-state index contributed by atoms with van der Waals surface area (Å²) in [6.07, 6.45) is 2.82. The van der Waals surface area contributed by atoms with Gasteiger partial charge in [-0.1, -0.05) is 0 Å². The molecule has 0 radical (unpaired) electrons. The molecule has 0 spiro atoms. The molecule has 0 aromatic carbocycles. The van der Waals surface area contributed by atoms with Gasteiger partial charge in [0.1, 0.15) is 0 Å². The molecule has 1 saturated heterocycles. The van der Waals surface area contributed by atoms with Crippen molar-refractivity contribution in [2.45, 2.75) is 24.9 Å². The summed E-state index contributed by atoms with van der Waals surface area (Å²) in [5.41, 5.74) is 6.02. The summed E-state index contributed by atoms with van der Waals surface area (Å²) < 4.78 is 2.31. The molecule has 2 N–H and O–H groups in total. The fraction of sp³-hybridized carbons (Fsp3) is 0.692. The van der Waals surface area contributed by atoms with Gasteiger partial charge in [-0.05, 0) is 50.8 Å². The normalized spacial score (nSPS) is 23.7. The van der Waals surface area contributed by atoms with Gasteiger partial charge < -0.3 is 5.73 Å². The molecule has 2 fully saturated rings. The Morgan fingerprint density at radius 3 is 2.42 bits per heavy atom. The highest BCUT2D eigenvalue weighted by Crippen LogP contribution is 2.37. The third kappa shape index (κ3) is 3.24. The van der Waals surface area contributed by atoms with E-state index in [0.29, 0.717) is 12.6 Å². The first-order valence-corrected chi connectivity index (χ1v) is 9.22. The van der Waals surface area contributed by atoms with E-state index in [4.69, 9.17) is 5.73 Å². The molecular weight excluding hydrogens is 390 g/mol. The number of piperazine rings is 1. The molecule has 1 aliphatic heterocycles. The van der Waals surface area contributed by atoms with Crippen LogP contribution in [0, 0.1) is 0 Å². The van der Waals surface area contributed by atoms with Gasteiger partial charge in [0.25, 0.3) is 0 Å². The first-order valence-electron chi connectivity index (χ1n) is 6.82. The lowest BCUT2D eigenvalue weighted by Gasteiger charge is -2.38. The molecule has 1 aromatic rings. The van der Waals surface area contributed by atoms with Crippen molar-refractivity contribution in [2.24, 2.45) is 5.73 Å². The molecule has 1 unspecified atom stereocenters. The highest BCUT2D eigenvalue weighted by Gasteiger charge is 2.33. The zero-order valence-corrected chi connectivity index (χ0v) is 14.8. The molecule has 6 heteroatoms. The van der Waals surface area contributed by atoms with Gasteiger partial charge in [-0.25, -0.2) is 0 Å². The van der Waals surface area contributed by atoms with E-state index in [9.17, 15) is 0 Å². The fourth-order valence-corrected chi connectivity index (χ4v) is 5.06. The summed E-state index contributed by atoms with van der Waals surface area (Å²) in [7, 11) is 0. The summed E-state index contributed by atoms with van der Waals surface area (Å²) in [4.78, 5) is 6.55. The predicted molar refractivity (Wildman–Crippen MR) is 87.7 cm³/mol. The summed E-state index contributed by atoms with van der Waals surface area (Å²) in [5.74, 6) is 0. The Morgan fingerprint density at radius 2 is 1.95 bits per heavy atom. The van der Waals surface area contributed by atoms with Crippen molar-refractivity contribution in [3.63, 3.8) is 0 Å². The van der Waals surface area contributed by atoms with Crippen LogP contribution < -0.4 is 5.73 Å². The van der Waals surface area contributed by atoms with Gasteiger partial charge in [-0.15, -0.1) is 11.3 Å². The summed E-state index contributed by atoms with van der Waals surface area (Å²) >= 11 is 8.94. The second kappa shape index (κ2) is 6.12. The molecule has 19 heavy (non-hydrogen) atoms. The number of halogens is 2. The van der Waals surface area contributed by atoms with Crippen LogP contribution in [0.3, 0.4) is 0 Å². The third-order valence-electron chi connectivity index (χ3n) is 4.07. The minimum absolute atomic E-state index is 0.369. The SMILES string of the molecule is NCC(c1cc(Br)c(Br)s1)N1CCN(C2CC2)CC1. The minimum Gasteiger partial charge on any atom is -0.329 e. The Hall–Kier alpha value is 0.540. The number of rotatable bonds is 4. The zero-order valence-electron chi connectivity index (χ0n) is 10.8. The molecule has 106 valence electrons. The Morgan fingerprint density at radius 1 is 1.26 bits per heavy atom. The predicted octanol–water partition coefficient (Wildman–Crippen LogP) is 3.05. The van der Waals surface area contributed by atoms with E-state index >= 15 is 0 Å². The van der Waals surface area contributed by atoms with Gasteiger partial charge >= 0.3 is 0 Å². The minimum atomic E-state index is 0.369. The van der Waals surface area contributed by atoms with E-state index in [1.54, 1.807) is 11.3 Å². The van der Waals surface area contributed by atoms with Crippen LogP contribution in [0.25, 0.3) is 0 Å². The number of hydrogen-bond donors (Lipinski definition) is 1. The van der Waals surface area contributed by atoms with E-state index in [1.807, 2.05) is 0 Å². The van der Waals surface area contributed by atoms with Gasteiger partial charge in [0.2, 0.25) is 0 Å². The van der Waals surface area contributed by atoms with Crippen molar-refractivity contribution >= 4 is 43.2 Å². The smallest absolute Gasteiger partial charge is 0.0843 e. The van der Waals surface area contributed by atoms with Gasteiger partial charge in [0.15, 0.2) is 0 Å². The quantitative estimate of drug-likeness (QED) is 0.830. The maximum absolute atomic E-state index is 6.02. The van der Waals surface area contributed by atoms with Crippen LogP contribution in [-0.2, 0) is 0 Å². The number of nitrogens with two attached hydrogens (primary N) is 1. The number of thiophene rings is 1. The molecule has 1 atom stereocenters. The Bertz CT molecular complexity index is 420. The van der Waals surface area contributed by atoms with E-state index in [2.05, 4.69) is 47.7 Å². The highest BCUT2D eigenvalue weighted by molar-refractivity contribution is 9.13. The monoisotopic (exact) mass is 407 g/mol. The molecule has 2 aliphatic rings. The van der Waals surface area contributed by atoms with Crippen LogP contribution in [0.1, 0.15) is 23.8 Å². The molecule has 0 bridgehead atoms. The Kier molecular flexibility index (Phi) is 4.66. The topological polar surface area (TPSA) is 32.5 Å². The second-order valence-corrected chi connectivity index (χ2v) is 8.58. The lowest BCUT2D eigenvalue weighted by atomic mass is 10.1. The zero-order chi connectivity index (χ0) is 13.4. The maximum atomic E-state index is 6.02. The third-order valence-corrected chi connectivity index (χ3v) is 7.43. The fourth-order valence-electron chi connectivity index (χ4n) is 2.83. The van der Waals surface area contributed by atoms with Gasteiger partial charge in [-0.2, -0.15) is 0 Å². The highest BCUT2D eigenvalue weighted by atomic mass is 79.9. The standard InChI is InChI=1S/C13H19Br2N3S/c14-10-7-12(19-13(10)15)11(8-16)18-5-3-17(4-6-18)9-1-2-9/h7,9,11H,1-6,8,16H2. The molecule has 3 nitrogen and oxygen atoms in total. The lowest BCUT2D eigenvalue weighted by molar-refractivity contribution is 0.0950. The Labute approximate surface area is 135 Å². The Balaban J connectivity index is 1.65. The van der Waals surface area contributed by atoms with Gasteiger partial charge in [-0.3, -0.25) is 9.80 Å². The molecule has 0 amide bonds. The number of nitrogens with zero attached hydrogens (tertiary/aromatic N) is 2. The van der Waals surface area contributed by atoms with Crippen LogP contribution in [-0.4, -0.2) is 48.6 Å². The van der Waals surface area contributed by atoms with E-state index in [1.165, 1.54) is 30.8 Å². The summed E-state index contributed by atoms with van der Waals surface area (Å²) in [5, 5.41) is 0. The lowest BCUT2D eigenvalue weighted by Crippen LogP contribution is -2.49. The van der Waals surface area contributed by atoms with Crippen molar-refractivity contribution in [2.75, 3.05) is 32.7 Å². The van der Waals surface area contributed by atoms with E-state index < -0.39 is 0 Å². The van der Waals surface area contributed by atoms with Crippen LogP contribution >= 0.6 is 43.2 Å². The second-order valence-electron chi connectivity index (χ2n) is 5.33.